The number of amides is 4. The van der Waals surface area contributed by atoms with E-state index in [0.29, 0.717) is 35.9 Å². The van der Waals surface area contributed by atoms with Crippen molar-refractivity contribution in [2.45, 2.75) is 50.6 Å². The third kappa shape index (κ3) is 4.22. The Labute approximate surface area is 168 Å². The van der Waals surface area contributed by atoms with Crippen molar-refractivity contribution < 1.29 is 14.4 Å². The molecular formula is C19H23Cl2N3O3. The lowest BCUT2D eigenvalue weighted by atomic mass is 9.98. The number of hydrogen-bond acceptors (Lipinski definition) is 3. The zero-order valence-electron chi connectivity index (χ0n) is 15.3. The molecule has 0 atom stereocenters. The van der Waals surface area contributed by atoms with Crippen molar-refractivity contribution in [2.24, 2.45) is 0 Å². The lowest BCUT2D eigenvalue weighted by Crippen LogP contribution is -2.44. The fourth-order valence-electron chi connectivity index (χ4n) is 3.77. The first kappa shape index (κ1) is 20.0. The number of nitrogens with zero attached hydrogens (tertiary/aromatic N) is 2. The summed E-state index contributed by atoms with van der Waals surface area (Å²) in [6.07, 6.45) is 4.01. The minimum atomic E-state index is -0.691. The molecule has 2 fully saturated rings. The summed E-state index contributed by atoms with van der Waals surface area (Å²) >= 11 is 12.0. The summed E-state index contributed by atoms with van der Waals surface area (Å²) in [4.78, 5) is 39.9. The van der Waals surface area contributed by atoms with E-state index in [1.165, 1.54) is 4.90 Å². The molecule has 1 aliphatic heterocycles. The Morgan fingerprint density at radius 3 is 2.63 bits per heavy atom. The molecule has 1 aliphatic carbocycles. The number of rotatable bonds is 6. The van der Waals surface area contributed by atoms with E-state index < -0.39 is 5.54 Å². The summed E-state index contributed by atoms with van der Waals surface area (Å²) in [5.41, 5.74) is 0.123. The fourth-order valence-corrected chi connectivity index (χ4v) is 4.24. The molecule has 0 radical (unpaired) electrons. The van der Waals surface area contributed by atoms with Gasteiger partial charge >= 0.3 is 6.03 Å². The summed E-state index contributed by atoms with van der Waals surface area (Å²) in [5.74, 6) is -0.206. The predicted molar refractivity (Wildman–Crippen MR) is 104 cm³/mol. The monoisotopic (exact) mass is 411 g/mol. The van der Waals surface area contributed by atoms with Gasteiger partial charge < -0.3 is 10.2 Å². The number of carbonyl (C=O) groups is 3. The van der Waals surface area contributed by atoms with Crippen molar-refractivity contribution in [2.75, 3.05) is 13.6 Å². The molecule has 27 heavy (non-hydrogen) atoms. The predicted octanol–water partition coefficient (Wildman–Crippen LogP) is 3.60. The van der Waals surface area contributed by atoms with Crippen molar-refractivity contribution in [1.82, 2.24) is 15.1 Å². The zero-order valence-corrected chi connectivity index (χ0v) is 16.8. The third-order valence-corrected chi connectivity index (χ3v) is 5.91. The van der Waals surface area contributed by atoms with Gasteiger partial charge in [-0.25, -0.2) is 4.79 Å². The number of halogens is 2. The number of benzene rings is 1. The van der Waals surface area contributed by atoms with Gasteiger partial charge in [-0.05, 0) is 37.0 Å². The van der Waals surface area contributed by atoms with Crippen LogP contribution in [0.4, 0.5) is 4.79 Å². The molecule has 1 saturated heterocycles. The van der Waals surface area contributed by atoms with E-state index in [-0.39, 0.29) is 30.8 Å². The maximum absolute atomic E-state index is 12.6. The summed E-state index contributed by atoms with van der Waals surface area (Å²) < 4.78 is 0. The first-order valence-corrected chi connectivity index (χ1v) is 9.90. The highest BCUT2D eigenvalue weighted by Gasteiger charge is 2.52. The molecule has 1 aromatic carbocycles. The van der Waals surface area contributed by atoms with Gasteiger partial charge in [0.25, 0.3) is 5.91 Å². The molecular weight excluding hydrogens is 389 g/mol. The Kier molecular flexibility index (Phi) is 5.96. The minimum absolute atomic E-state index is 0.0661. The summed E-state index contributed by atoms with van der Waals surface area (Å²) in [5, 5.41) is 3.91. The molecule has 1 aromatic rings. The second-order valence-corrected chi connectivity index (χ2v) is 8.11. The standard InChI is InChI=1S/C19H23Cl2N3O3/c1-23(12-13-6-7-14(20)11-15(13)21)16(25)5-4-10-24-17(26)19(22-18(24)27)8-2-3-9-19/h6-7,11H,2-5,8-10,12H2,1H3,(H,22,27). The van der Waals surface area contributed by atoms with Crippen LogP contribution in [0.15, 0.2) is 18.2 Å². The topological polar surface area (TPSA) is 69.7 Å². The lowest BCUT2D eigenvalue weighted by molar-refractivity contribution is -0.133. The molecule has 0 bridgehead atoms. The van der Waals surface area contributed by atoms with Gasteiger partial charge in [-0.1, -0.05) is 42.1 Å². The molecule has 3 rings (SSSR count). The van der Waals surface area contributed by atoms with Crippen molar-refractivity contribution >= 4 is 41.0 Å². The minimum Gasteiger partial charge on any atom is -0.341 e. The second-order valence-electron chi connectivity index (χ2n) is 7.27. The van der Waals surface area contributed by atoms with Crippen LogP contribution in [0, 0.1) is 0 Å². The van der Waals surface area contributed by atoms with Gasteiger partial charge in [0, 0.05) is 36.6 Å². The van der Waals surface area contributed by atoms with Gasteiger partial charge in [0.1, 0.15) is 5.54 Å². The van der Waals surface area contributed by atoms with E-state index in [2.05, 4.69) is 5.32 Å². The molecule has 4 amide bonds. The Bertz CT molecular complexity index is 763. The smallest absolute Gasteiger partial charge is 0.325 e. The van der Waals surface area contributed by atoms with Crippen LogP contribution in [0.5, 0.6) is 0 Å². The molecule has 6 nitrogen and oxygen atoms in total. The zero-order chi connectivity index (χ0) is 19.6. The molecule has 1 saturated carbocycles. The maximum atomic E-state index is 12.6. The van der Waals surface area contributed by atoms with Gasteiger partial charge in [-0.15, -0.1) is 0 Å². The van der Waals surface area contributed by atoms with Crippen LogP contribution in [-0.4, -0.2) is 46.8 Å². The number of urea groups is 1. The molecule has 8 heteroatoms. The van der Waals surface area contributed by atoms with E-state index >= 15 is 0 Å². The average Bonchev–Trinajstić information content (AvgIpc) is 3.17. The first-order chi connectivity index (χ1) is 12.8. The normalized spacial score (nSPS) is 18.3. The summed E-state index contributed by atoms with van der Waals surface area (Å²) in [7, 11) is 1.70. The molecule has 1 N–H and O–H groups in total. The van der Waals surface area contributed by atoms with Crippen LogP contribution >= 0.6 is 23.2 Å². The van der Waals surface area contributed by atoms with Crippen molar-refractivity contribution in [1.29, 1.82) is 0 Å². The molecule has 1 spiro atoms. The fraction of sp³-hybridized carbons (Fsp3) is 0.526. The summed E-state index contributed by atoms with van der Waals surface area (Å²) in [6.45, 7) is 0.634. The number of carbonyl (C=O) groups excluding carboxylic acids is 3. The van der Waals surface area contributed by atoms with E-state index in [9.17, 15) is 14.4 Å². The highest BCUT2D eigenvalue weighted by Crippen LogP contribution is 2.35. The molecule has 2 aliphatic rings. The number of imide groups is 1. The van der Waals surface area contributed by atoms with E-state index in [0.717, 1.165) is 18.4 Å². The maximum Gasteiger partial charge on any atom is 0.325 e. The number of nitrogens with one attached hydrogen (secondary N) is 1. The van der Waals surface area contributed by atoms with Gasteiger partial charge in [0.15, 0.2) is 0 Å². The first-order valence-electron chi connectivity index (χ1n) is 9.14. The van der Waals surface area contributed by atoms with E-state index in [4.69, 9.17) is 23.2 Å². The quantitative estimate of drug-likeness (QED) is 0.726. The van der Waals surface area contributed by atoms with Gasteiger partial charge in [-0.2, -0.15) is 0 Å². The van der Waals surface area contributed by atoms with Crippen LogP contribution in [-0.2, 0) is 16.1 Å². The Balaban J connectivity index is 1.49. The van der Waals surface area contributed by atoms with Crippen molar-refractivity contribution in [3.63, 3.8) is 0 Å². The molecule has 146 valence electrons. The molecule has 0 unspecified atom stereocenters. The highest BCUT2D eigenvalue weighted by molar-refractivity contribution is 6.35. The van der Waals surface area contributed by atoms with Gasteiger partial charge in [-0.3, -0.25) is 14.5 Å². The molecule has 1 heterocycles. The highest BCUT2D eigenvalue weighted by atomic mass is 35.5. The van der Waals surface area contributed by atoms with Crippen LogP contribution in [0.3, 0.4) is 0 Å². The molecule has 0 aromatic heterocycles. The number of hydrogen-bond donors (Lipinski definition) is 1. The van der Waals surface area contributed by atoms with Crippen LogP contribution in [0.1, 0.15) is 44.1 Å². The SMILES string of the molecule is CN(Cc1ccc(Cl)cc1Cl)C(=O)CCCN1C(=O)NC2(CCCC2)C1=O. The lowest BCUT2D eigenvalue weighted by Gasteiger charge is -2.21. The average molecular weight is 412 g/mol. The van der Waals surface area contributed by atoms with Crippen LogP contribution < -0.4 is 5.32 Å². The Morgan fingerprint density at radius 1 is 1.26 bits per heavy atom. The third-order valence-electron chi connectivity index (χ3n) is 5.32. The van der Waals surface area contributed by atoms with Gasteiger partial charge in [0.05, 0.1) is 0 Å². The Hall–Kier alpha value is -1.79. The van der Waals surface area contributed by atoms with Gasteiger partial charge in [0.2, 0.25) is 5.91 Å². The van der Waals surface area contributed by atoms with Crippen LogP contribution in [0.2, 0.25) is 10.0 Å². The van der Waals surface area contributed by atoms with E-state index in [1.807, 2.05) is 0 Å². The van der Waals surface area contributed by atoms with Crippen LogP contribution in [0.25, 0.3) is 0 Å². The largest absolute Gasteiger partial charge is 0.341 e. The second kappa shape index (κ2) is 8.07. The van der Waals surface area contributed by atoms with Crippen molar-refractivity contribution in [3.8, 4) is 0 Å². The van der Waals surface area contributed by atoms with E-state index in [1.54, 1.807) is 30.1 Å². The summed E-state index contributed by atoms with van der Waals surface area (Å²) in [6, 6.07) is 4.84. The Morgan fingerprint density at radius 2 is 1.96 bits per heavy atom. The van der Waals surface area contributed by atoms with Crippen molar-refractivity contribution in [3.05, 3.63) is 33.8 Å².